The van der Waals surface area contributed by atoms with Crippen LogP contribution in [0.4, 0.5) is 0 Å². The highest BCUT2D eigenvalue weighted by Crippen LogP contribution is 2.26. The summed E-state index contributed by atoms with van der Waals surface area (Å²) >= 11 is 5.99. The molecule has 0 atom stereocenters. The van der Waals surface area contributed by atoms with Crippen molar-refractivity contribution in [3.05, 3.63) is 46.8 Å². The van der Waals surface area contributed by atoms with Gasteiger partial charge in [0, 0.05) is 5.02 Å². The molecule has 0 unspecified atom stereocenters. The second-order valence-corrected chi connectivity index (χ2v) is 3.31. The van der Waals surface area contributed by atoms with Crippen molar-refractivity contribution >= 4 is 17.7 Å². The molecule has 0 bridgehead atoms. The summed E-state index contributed by atoms with van der Waals surface area (Å²) in [4.78, 5) is 0. The summed E-state index contributed by atoms with van der Waals surface area (Å²) in [5, 5.41) is 0.767. The van der Waals surface area contributed by atoms with Crippen molar-refractivity contribution in [3.8, 4) is 0 Å². The molecule has 1 aromatic rings. The van der Waals surface area contributed by atoms with Crippen LogP contribution >= 0.6 is 11.6 Å². The second kappa shape index (κ2) is 3.77. The van der Waals surface area contributed by atoms with E-state index in [-0.39, 0.29) is 0 Å². The largest absolute Gasteiger partial charge is 0.0984 e. The van der Waals surface area contributed by atoms with Crippen molar-refractivity contribution < 1.29 is 0 Å². The van der Waals surface area contributed by atoms with Gasteiger partial charge in [0.1, 0.15) is 0 Å². The molecule has 0 aromatic heterocycles. The smallest absolute Gasteiger partial charge is 0.0481 e. The molecule has 12 heavy (non-hydrogen) atoms. The number of benzene rings is 1. The van der Waals surface area contributed by atoms with Crippen LogP contribution in [0.5, 0.6) is 0 Å². The van der Waals surface area contributed by atoms with Gasteiger partial charge in [-0.25, -0.2) is 0 Å². The Morgan fingerprint density at radius 2 is 2.08 bits per heavy atom. The molecular formula is C11H12Cl. The minimum absolute atomic E-state index is 0.767. The molecule has 0 saturated carbocycles. The Balaban J connectivity index is 3.27. The fourth-order valence-electron chi connectivity index (χ4n) is 1.18. The Kier molecular flexibility index (Phi) is 2.93. The van der Waals surface area contributed by atoms with E-state index in [1.54, 1.807) is 6.08 Å². The molecule has 1 rings (SSSR count). The quantitative estimate of drug-likeness (QED) is 0.645. The zero-order valence-electron chi connectivity index (χ0n) is 7.39. The van der Waals surface area contributed by atoms with Gasteiger partial charge in [0.05, 0.1) is 0 Å². The van der Waals surface area contributed by atoms with Gasteiger partial charge in [-0.3, -0.25) is 0 Å². The monoisotopic (exact) mass is 179 g/mol. The SMILES string of the molecule is C=Cc1c(Cl)cccc1[C](C)C. The lowest BCUT2D eigenvalue weighted by atomic mass is 9.97. The molecule has 63 valence electrons. The number of hydrogen-bond donors (Lipinski definition) is 0. The molecule has 1 radical (unpaired) electrons. The summed E-state index contributed by atoms with van der Waals surface area (Å²) in [6.45, 7) is 7.87. The fourth-order valence-corrected chi connectivity index (χ4v) is 1.43. The van der Waals surface area contributed by atoms with E-state index in [4.69, 9.17) is 11.6 Å². The molecule has 0 fully saturated rings. The molecular weight excluding hydrogens is 168 g/mol. The van der Waals surface area contributed by atoms with Crippen LogP contribution in [0.15, 0.2) is 24.8 Å². The van der Waals surface area contributed by atoms with Crippen molar-refractivity contribution in [3.63, 3.8) is 0 Å². The molecule has 1 aromatic carbocycles. The summed E-state index contributed by atoms with van der Waals surface area (Å²) in [7, 11) is 0. The topological polar surface area (TPSA) is 0 Å². The Morgan fingerprint density at radius 3 is 2.50 bits per heavy atom. The Hall–Kier alpha value is -0.750. The highest BCUT2D eigenvalue weighted by atomic mass is 35.5. The van der Waals surface area contributed by atoms with E-state index >= 15 is 0 Å². The normalized spacial score (nSPS) is 10.3. The molecule has 0 aliphatic carbocycles. The van der Waals surface area contributed by atoms with Gasteiger partial charge in [-0.05, 0) is 23.1 Å². The first-order chi connectivity index (χ1) is 5.66. The van der Waals surface area contributed by atoms with Crippen molar-refractivity contribution in [1.29, 1.82) is 0 Å². The summed E-state index contributed by atoms with van der Waals surface area (Å²) < 4.78 is 0. The lowest BCUT2D eigenvalue weighted by Crippen LogP contribution is -1.92. The van der Waals surface area contributed by atoms with Crippen LogP contribution in [0.2, 0.25) is 5.02 Å². The van der Waals surface area contributed by atoms with Gasteiger partial charge in [-0.1, -0.05) is 50.2 Å². The van der Waals surface area contributed by atoms with Gasteiger partial charge < -0.3 is 0 Å². The lowest BCUT2D eigenvalue weighted by Gasteiger charge is -2.09. The summed E-state index contributed by atoms with van der Waals surface area (Å²) in [6, 6.07) is 5.89. The van der Waals surface area contributed by atoms with Gasteiger partial charge in [0.2, 0.25) is 0 Å². The van der Waals surface area contributed by atoms with Crippen LogP contribution in [-0.4, -0.2) is 0 Å². The summed E-state index contributed by atoms with van der Waals surface area (Å²) in [5.74, 6) is 1.26. The molecule has 1 heteroatoms. The molecule has 0 saturated heterocycles. The maximum absolute atomic E-state index is 5.99. The molecule has 0 heterocycles. The van der Waals surface area contributed by atoms with E-state index in [2.05, 4.69) is 26.5 Å². The van der Waals surface area contributed by atoms with Gasteiger partial charge in [0.25, 0.3) is 0 Å². The Morgan fingerprint density at radius 1 is 1.42 bits per heavy atom. The number of rotatable bonds is 2. The number of halogens is 1. The first-order valence-corrected chi connectivity index (χ1v) is 4.26. The minimum atomic E-state index is 0.767. The highest BCUT2D eigenvalue weighted by Gasteiger charge is 2.06. The van der Waals surface area contributed by atoms with Crippen molar-refractivity contribution in [2.45, 2.75) is 13.8 Å². The van der Waals surface area contributed by atoms with E-state index in [0.717, 1.165) is 10.6 Å². The van der Waals surface area contributed by atoms with E-state index in [9.17, 15) is 0 Å². The average Bonchev–Trinajstić information content (AvgIpc) is 2.03. The first kappa shape index (κ1) is 9.34. The van der Waals surface area contributed by atoms with Gasteiger partial charge in [-0.15, -0.1) is 0 Å². The summed E-state index contributed by atoms with van der Waals surface area (Å²) in [5.41, 5.74) is 2.21. The summed E-state index contributed by atoms with van der Waals surface area (Å²) in [6.07, 6.45) is 1.80. The van der Waals surface area contributed by atoms with Crippen LogP contribution in [0, 0.1) is 5.92 Å². The van der Waals surface area contributed by atoms with Gasteiger partial charge in [0.15, 0.2) is 0 Å². The predicted molar refractivity (Wildman–Crippen MR) is 55.2 cm³/mol. The predicted octanol–water partition coefficient (Wildman–Crippen LogP) is 3.95. The van der Waals surface area contributed by atoms with E-state index < -0.39 is 0 Å². The standard InChI is InChI=1S/C11H12Cl/c1-4-9-10(8(2)3)6-5-7-11(9)12/h4-7H,1H2,2-3H3. The van der Waals surface area contributed by atoms with Crippen molar-refractivity contribution in [2.24, 2.45) is 0 Å². The van der Waals surface area contributed by atoms with Crippen LogP contribution in [0.3, 0.4) is 0 Å². The lowest BCUT2D eigenvalue weighted by molar-refractivity contribution is 1.14. The van der Waals surface area contributed by atoms with Crippen molar-refractivity contribution in [2.75, 3.05) is 0 Å². The van der Waals surface area contributed by atoms with E-state index in [1.807, 2.05) is 12.1 Å². The minimum Gasteiger partial charge on any atom is -0.0984 e. The van der Waals surface area contributed by atoms with Crippen LogP contribution in [0.1, 0.15) is 25.0 Å². The Bertz CT molecular complexity index is 287. The van der Waals surface area contributed by atoms with Crippen molar-refractivity contribution in [1.82, 2.24) is 0 Å². The Labute approximate surface area is 78.9 Å². The molecule has 0 aliphatic heterocycles. The maximum Gasteiger partial charge on any atom is 0.0481 e. The van der Waals surface area contributed by atoms with Crippen LogP contribution < -0.4 is 0 Å². The second-order valence-electron chi connectivity index (χ2n) is 2.91. The molecule has 0 amide bonds. The van der Waals surface area contributed by atoms with Gasteiger partial charge in [-0.2, -0.15) is 0 Å². The average molecular weight is 180 g/mol. The zero-order chi connectivity index (χ0) is 9.14. The zero-order valence-corrected chi connectivity index (χ0v) is 8.15. The first-order valence-electron chi connectivity index (χ1n) is 3.88. The van der Waals surface area contributed by atoms with Crippen LogP contribution in [-0.2, 0) is 0 Å². The van der Waals surface area contributed by atoms with Crippen LogP contribution in [0.25, 0.3) is 6.08 Å². The van der Waals surface area contributed by atoms with E-state index in [0.29, 0.717) is 0 Å². The maximum atomic E-state index is 5.99. The molecule has 0 nitrogen and oxygen atoms in total. The molecule has 0 aliphatic rings. The molecule has 0 N–H and O–H groups in total. The van der Waals surface area contributed by atoms with E-state index in [1.165, 1.54) is 11.5 Å². The molecule has 0 spiro atoms. The number of hydrogen-bond acceptors (Lipinski definition) is 0. The van der Waals surface area contributed by atoms with Gasteiger partial charge >= 0.3 is 0 Å². The third kappa shape index (κ3) is 1.70. The fraction of sp³-hybridized carbons (Fsp3) is 0.182. The third-order valence-electron chi connectivity index (χ3n) is 1.80. The highest BCUT2D eigenvalue weighted by molar-refractivity contribution is 6.32. The third-order valence-corrected chi connectivity index (χ3v) is 2.13.